The number of ether oxygens (including phenoxy) is 4. The molecule has 99 heavy (non-hydrogen) atoms. The summed E-state index contributed by atoms with van der Waals surface area (Å²) in [6.45, 7) is 9.51. The first-order valence-corrected chi connectivity index (χ1v) is 44.5. The highest BCUT2D eigenvalue weighted by Crippen LogP contribution is 2.45. The molecule has 0 aliphatic rings. The Morgan fingerprint density at radius 1 is 0.273 bits per heavy atom. The van der Waals surface area contributed by atoms with E-state index in [4.69, 9.17) is 37.0 Å². The van der Waals surface area contributed by atoms with Gasteiger partial charge < -0.3 is 33.8 Å². The van der Waals surface area contributed by atoms with Gasteiger partial charge in [-0.3, -0.25) is 37.3 Å². The summed E-state index contributed by atoms with van der Waals surface area (Å²) in [6.07, 6.45) is 61.4. The summed E-state index contributed by atoms with van der Waals surface area (Å²) in [5.41, 5.74) is 0. The van der Waals surface area contributed by atoms with Crippen molar-refractivity contribution in [2.45, 2.75) is 439 Å². The molecule has 0 saturated carbocycles. The molecule has 0 heterocycles. The van der Waals surface area contributed by atoms with E-state index in [9.17, 15) is 43.2 Å². The van der Waals surface area contributed by atoms with Gasteiger partial charge >= 0.3 is 39.5 Å². The lowest BCUT2D eigenvalue weighted by atomic mass is 10.0. The Balaban J connectivity index is 5.19. The van der Waals surface area contributed by atoms with Gasteiger partial charge in [-0.25, -0.2) is 9.13 Å². The van der Waals surface area contributed by atoms with E-state index in [1.807, 2.05) is 0 Å². The highest BCUT2D eigenvalue weighted by Gasteiger charge is 2.30. The maximum absolute atomic E-state index is 13.1. The van der Waals surface area contributed by atoms with E-state index < -0.39 is 97.5 Å². The second-order valence-corrected chi connectivity index (χ2v) is 32.7. The summed E-state index contributed by atoms with van der Waals surface area (Å²) in [7, 11) is -9.92. The number of phosphoric ester groups is 2. The third kappa shape index (κ3) is 74.1. The maximum atomic E-state index is 13.1. The van der Waals surface area contributed by atoms with Crippen molar-refractivity contribution in [1.29, 1.82) is 0 Å². The Hall–Kier alpha value is -1.94. The third-order valence-corrected chi connectivity index (χ3v) is 20.6. The van der Waals surface area contributed by atoms with Crippen molar-refractivity contribution in [2.24, 2.45) is 11.8 Å². The lowest BCUT2D eigenvalue weighted by molar-refractivity contribution is -0.161. The largest absolute Gasteiger partial charge is 0.472 e. The summed E-state index contributed by atoms with van der Waals surface area (Å²) in [5, 5.41) is 10.6. The van der Waals surface area contributed by atoms with Crippen LogP contribution in [-0.4, -0.2) is 96.7 Å². The predicted octanol–water partition coefficient (Wildman–Crippen LogP) is 23.9. The van der Waals surface area contributed by atoms with Crippen molar-refractivity contribution in [2.75, 3.05) is 39.6 Å². The van der Waals surface area contributed by atoms with Crippen molar-refractivity contribution in [3.05, 3.63) is 0 Å². The number of carbonyl (C=O) groups is 4. The van der Waals surface area contributed by atoms with Crippen LogP contribution in [-0.2, 0) is 65.4 Å². The fraction of sp³-hybridized carbons (Fsp3) is 0.950. The highest BCUT2D eigenvalue weighted by molar-refractivity contribution is 7.47. The monoisotopic (exact) mass is 1450 g/mol. The Morgan fingerprint density at radius 2 is 0.465 bits per heavy atom. The number of carbonyl (C=O) groups excluding carboxylic acids is 4. The molecule has 5 atom stereocenters. The summed E-state index contributed by atoms with van der Waals surface area (Å²) >= 11 is 0. The lowest BCUT2D eigenvalue weighted by Gasteiger charge is -2.21. The van der Waals surface area contributed by atoms with Gasteiger partial charge in [0.25, 0.3) is 0 Å². The molecule has 0 aromatic heterocycles. The quantitative estimate of drug-likeness (QED) is 0.0222. The molecule has 0 fully saturated rings. The normalized spacial score (nSPS) is 13.9. The fourth-order valence-corrected chi connectivity index (χ4v) is 13.9. The minimum atomic E-state index is -4.96. The average molecular weight is 1450 g/mol. The summed E-state index contributed by atoms with van der Waals surface area (Å²) in [5.74, 6) is -0.699. The van der Waals surface area contributed by atoms with Gasteiger partial charge in [-0.2, -0.15) is 0 Å². The van der Waals surface area contributed by atoms with E-state index in [-0.39, 0.29) is 25.7 Å². The molecule has 588 valence electrons. The SMILES string of the molecule is CCCCCCCCCCCCCCCCCCCCCCCCC(=O)O[C@H](COC(=O)CCCCCCCCCCCCCCCCCC)COP(=O)(O)OC[C@@H](O)COP(=O)(O)OC[C@@H](COC(=O)CCCCCCCCC(C)C)OC(=O)CCCCCCCCCCCC(C)C. The van der Waals surface area contributed by atoms with Crippen molar-refractivity contribution < 1.29 is 80.2 Å². The van der Waals surface area contributed by atoms with Crippen LogP contribution in [0.25, 0.3) is 0 Å². The van der Waals surface area contributed by atoms with Gasteiger partial charge in [0.05, 0.1) is 26.4 Å². The van der Waals surface area contributed by atoms with Gasteiger partial charge in [0, 0.05) is 25.7 Å². The van der Waals surface area contributed by atoms with Crippen LogP contribution in [0.3, 0.4) is 0 Å². The molecule has 0 rings (SSSR count). The molecular weight excluding hydrogens is 1290 g/mol. The number of aliphatic hydroxyl groups excluding tert-OH is 1. The molecule has 0 bridgehead atoms. The van der Waals surface area contributed by atoms with Crippen LogP contribution in [0.5, 0.6) is 0 Å². The van der Waals surface area contributed by atoms with Gasteiger partial charge in [-0.05, 0) is 37.5 Å². The smallest absolute Gasteiger partial charge is 0.462 e. The van der Waals surface area contributed by atoms with Gasteiger partial charge in [-0.15, -0.1) is 0 Å². The Labute approximate surface area is 607 Å². The first-order chi connectivity index (χ1) is 47.9. The minimum Gasteiger partial charge on any atom is -0.462 e. The highest BCUT2D eigenvalue weighted by atomic mass is 31.2. The van der Waals surface area contributed by atoms with E-state index >= 15 is 0 Å². The second-order valence-electron chi connectivity index (χ2n) is 29.8. The molecule has 0 spiro atoms. The summed E-state index contributed by atoms with van der Waals surface area (Å²) < 4.78 is 68.6. The van der Waals surface area contributed by atoms with Crippen LogP contribution >= 0.6 is 15.6 Å². The van der Waals surface area contributed by atoms with Gasteiger partial charge in [0.2, 0.25) is 0 Å². The second kappa shape index (κ2) is 71.7. The zero-order chi connectivity index (χ0) is 72.8. The number of hydrogen-bond acceptors (Lipinski definition) is 15. The third-order valence-electron chi connectivity index (χ3n) is 18.7. The molecule has 0 aromatic rings. The van der Waals surface area contributed by atoms with E-state index in [2.05, 4.69) is 41.5 Å². The molecular formula is C80H156O17P2. The van der Waals surface area contributed by atoms with Crippen molar-refractivity contribution >= 4 is 39.5 Å². The van der Waals surface area contributed by atoms with E-state index in [1.54, 1.807) is 0 Å². The number of hydrogen-bond donors (Lipinski definition) is 3. The van der Waals surface area contributed by atoms with Gasteiger partial charge in [0.15, 0.2) is 12.2 Å². The number of phosphoric acid groups is 2. The number of esters is 4. The zero-order valence-corrected chi connectivity index (χ0v) is 66.6. The van der Waals surface area contributed by atoms with Crippen LogP contribution in [0.15, 0.2) is 0 Å². The molecule has 0 aromatic carbocycles. The van der Waals surface area contributed by atoms with Crippen LogP contribution in [0.1, 0.15) is 420 Å². The first kappa shape index (κ1) is 97.1. The number of rotatable bonds is 79. The van der Waals surface area contributed by atoms with Crippen molar-refractivity contribution in [3.8, 4) is 0 Å². The van der Waals surface area contributed by atoms with Gasteiger partial charge in [0.1, 0.15) is 19.3 Å². The summed E-state index contributed by atoms with van der Waals surface area (Å²) in [4.78, 5) is 72.9. The minimum absolute atomic E-state index is 0.104. The van der Waals surface area contributed by atoms with E-state index in [0.29, 0.717) is 31.6 Å². The maximum Gasteiger partial charge on any atom is 0.472 e. The summed E-state index contributed by atoms with van der Waals surface area (Å²) in [6, 6.07) is 0. The molecule has 19 heteroatoms. The van der Waals surface area contributed by atoms with Crippen molar-refractivity contribution in [3.63, 3.8) is 0 Å². The van der Waals surface area contributed by atoms with E-state index in [0.717, 1.165) is 102 Å². The number of unbranched alkanes of at least 4 members (excludes halogenated alkanes) is 49. The van der Waals surface area contributed by atoms with Crippen molar-refractivity contribution in [1.82, 2.24) is 0 Å². The zero-order valence-electron chi connectivity index (χ0n) is 64.8. The van der Waals surface area contributed by atoms with Crippen LogP contribution in [0, 0.1) is 11.8 Å². The molecule has 2 unspecified atom stereocenters. The molecule has 0 radical (unpaired) electrons. The molecule has 0 aliphatic heterocycles. The first-order valence-electron chi connectivity index (χ1n) is 41.5. The lowest BCUT2D eigenvalue weighted by Crippen LogP contribution is -2.30. The van der Waals surface area contributed by atoms with Crippen LogP contribution < -0.4 is 0 Å². The number of aliphatic hydroxyl groups is 1. The standard InChI is InChI=1S/C80H156O17P2/c1-7-9-11-13-15-17-19-21-23-25-26-27-28-29-30-32-34-36-40-44-52-58-64-79(84)96-75(68-90-77(82)62-56-50-43-39-35-33-31-24-22-20-18-16-14-12-10-8-2)70-94-98(86,87)92-66-74(81)67-93-99(88,89)95-71-76(69-91-78(83)63-57-51-47-46-49-55-61-73(5)6)97-80(85)65-59-53-45-41-37-38-42-48-54-60-72(3)4/h72-76,81H,7-71H2,1-6H3,(H,86,87)(H,88,89)/t74-,75-,76-/m1/s1. The Kier molecular flexibility index (Phi) is 70.3. The molecule has 0 aliphatic carbocycles. The Morgan fingerprint density at radius 3 is 0.687 bits per heavy atom. The van der Waals surface area contributed by atoms with Gasteiger partial charge in [-0.1, -0.05) is 369 Å². The van der Waals surface area contributed by atoms with E-state index in [1.165, 1.54) is 231 Å². The molecule has 0 saturated heterocycles. The molecule has 0 amide bonds. The predicted molar refractivity (Wildman–Crippen MR) is 405 cm³/mol. The molecule has 3 N–H and O–H groups in total. The fourth-order valence-electron chi connectivity index (χ4n) is 12.4. The topological polar surface area (TPSA) is 237 Å². The van der Waals surface area contributed by atoms with Crippen LogP contribution in [0.2, 0.25) is 0 Å². The van der Waals surface area contributed by atoms with Crippen LogP contribution in [0.4, 0.5) is 0 Å². The Bertz CT molecular complexity index is 1910. The molecule has 17 nitrogen and oxygen atoms in total. The average Bonchev–Trinajstić information content (AvgIpc) is 1.39.